The highest BCUT2D eigenvalue weighted by Gasteiger charge is 2.18. The molecule has 1 heterocycles. The minimum absolute atomic E-state index is 0.323. The largest absolute Gasteiger partial charge is 0.433 e. The zero-order valence-electron chi connectivity index (χ0n) is 9.71. The molecule has 0 amide bonds. The van der Waals surface area contributed by atoms with Crippen LogP contribution in [0.15, 0.2) is 30.3 Å². The van der Waals surface area contributed by atoms with Crippen LogP contribution in [0.3, 0.4) is 0 Å². The van der Waals surface area contributed by atoms with E-state index < -0.39 is 33.7 Å². The Hall–Kier alpha value is -3.08. The molecule has 0 saturated carbocycles. The second-order valence-electron chi connectivity index (χ2n) is 3.54. The van der Waals surface area contributed by atoms with E-state index in [1.807, 2.05) is 0 Å². The summed E-state index contributed by atoms with van der Waals surface area (Å²) in [5.74, 6) is -2.93. The number of hydrogen-bond donors (Lipinski definition) is 0. The molecule has 1 aromatic heterocycles. The second kappa shape index (κ2) is 5.27. The fraction of sp³-hybridized carbons (Fsp3) is 0. The predicted molar refractivity (Wildman–Crippen MR) is 62.0 cm³/mol. The second-order valence-corrected chi connectivity index (χ2v) is 3.54. The molecule has 0 spiro atoms. The molecule has 0 N–H and O–H groups in total. The van der Waals surface area contributed by atoms with Gasteiger partial charge in [0.05, 0.1) is 4.92 Å². The third kappa shape index (κ3) is 2.51. The van der Waals surface area contributed by atoms with E-state index in [-0.39, 0.29) is 5.88 Å². The highest BCUT2D eigenvalue weighted by Crippen LogP contribution is 2.28. The molecule has 100 valence electrons. The van der Waals surface area contributed by atoms with Gasteiger partial charge in [-0.05, 0) is 12.1 Å². The first-order valence-electron chi connectivity index (χ1n) is 5.20. The number of halogens is 2. The molecule has 0 atom stereocenters. The van der Waals surface area contributed by atoms with Crippen LogP contribution in [-0.2, 0) is 0 Å². The van der Waals surface area contributed by atoms with Gasteiger partial charge >= 0.3 is 5.69 Å². The molecule has 0 radical (unpaired) electrons. The van der Waals surface area contributed by atoms with E-state index in [0.29, 0.717) is 0 Å². The first-order valence-corrected chi connectivity index (χ1v) is 5.20. The number of para-hydroxylation sites is 1. The average molecular weight is 277 g/mol. The zero-order valence-corrected chi connectivity index (χ0v) is 9.71. The Labute approximate surface area is 111 Å². The van der Waals surface area contributed by atoms with Crippen LogP contribution in [0, 0.1) is 33.1 Å². The molecule has 2 rings (SSSR count). The quantitative estimate of drug-likeness (QED) is 0.635. The van der Waals surface area contributed by atoms with Crippen molar-refractivity contribution in [1.29, 1.82) is 5.26 Å². The highest BCUT2D eigenvalue weighted by molar-refractivity contribution is 5.46. The van der Waals surface area contributed by atoms with Gasteiger partial charge in [0, 0.05) is 12.1 Å². The highest BCUT2D eigenvalue weighted by atomic mass is 19.1. The van der Waals surface area contributed by atoms with E-state index >= 15 is 0 Å². The molecule has 0 aliphatic carbocycles. The SMILES string of the molecule is N#Cc1nc(Oc2c(F)cccc2F)ccc1[N+](=O)[O-]. The molecule has 6 nitrogen and oxygen atoms in total. The normalized spacial score (nSPS) is 9.85. The minimum Gasteiger partial charge on any atom is -0.433 e. The summed E-state index contributed by atoms with van der Waals surface area (Å²) >= 11 is 0. The summed E-state index contributed by atoms with van der Waals surface area (Å²) in [6.07, 6.45) is 0. The molecule has 0 aliphatic heterocycles. The molecule has 1 aromatic carbocycles. The fourth-order valence-electron chi connectivity index (χ4n) is 1.40. The van der Waals surface area contributed by atoms with Gasteiger partial charge in [-0.2, -0.15) is 10.2 Å². The van der Waals surface area contributed by atoms with Crippen LogP contribution in [0.4, 0.5) is 14.5 Å². The Kier molecular flexibility index (Phi) is 3.52. The van der Waals surface area contributed by atoms with Crippen LogP contribution < -0.4 is 4.74 Å². The molecule has 0 fully saturated rings. The Morgan fingerprint density at radius 3 is 2.45 bits per heavy atom. The van der Waals surface area contributed by atoms with Gasteiger partial charge in [0.1, 0.15) is 6.07 Å². The third-order valence-electron chi connectivity index (χ3n) is 2.28. The molecule has 0 saturated heterocycles. The molecule has 0 aliphatic rings. The van der Waals surface area contributed by atoms with E-state index in [2.05, 4.69) is 4.98 Å². The van der Waals surface area contributed by atoms with Gasteiger partial charge in [-0.3, -0.25) is 10.1 Å². The topological polar surface area (TPSA) is 89.0 Å². The first kappa shape index (κ1) is 13.4. The molecule has 8 heteroatoms. The predicted octanol–water partition coefficient (Wildman–Crippen LogP) is 2.93. The maximum atomic E-state index is 13.4. The third-order valence-corrected chi connectivity index (χ3v) is 2.28. The number of nitrogens with zero attached hydrogens (tertiary/aromatic N) is 3. The van der Waals surface area contributed by atoms with Crippen LogP contribution in [0.1, 0.15) is 5.69 Å². The number of aromatic nitrogens is 1. The average Bonchev–Trinajstić information content (AvgIpc) is 2.42. The maximum Gasteiger partial charge on any atom is 0.305 e. The summed E-state index contributed by atoms with van der Waals surface area (Å²) in [4.78, 5) is 13.4. The summed E-state index contributed by atoms with van der Waals surface area (Å²) in [6, 6.07) is 6.65. The van der Waals surface area contributed by atoms with Crippen molar-refractivity contribution < 1.29 is 18.4 Å². The van der Waals surface area contributed by atoms with Crippen LogP contribution in [0.25, 0.3) is 0 Å². The number of pyridine rings is 1. The van der Waals surface area contributed by atoms with Crippen molar-refractivity contribution in [2.45, 2.75) is 0 Å². The maximum absolute atomic E-state index is 13.4. The Bertz CT molecular complexity index is 708. The first-order chi connectivity index (χ1) is 9.52. The number of rotatable bonds is 3. The van der Waals surface area contributed by atoms with Crippen LogP contribution in [0.5, 0.6) is 11.6 Å². The lowest BCUT2D eigenvalue weighted by molar-refractivity contribution is -0.385. The number of benzene rings is 1. The molecule has 0 unspecified atom stereocenters. The Morgan fingerprint density at radius 1 is 1.25 bits per heavy atom. The van der Waals surface area contributed by atoms with Crippen LogP contribution in [-0.4, -0.2) is 9.91 Å². The summed E-state index contributed by atoms with van der Waals surface area (Å²) < 4.78 is 31.6. The lowest BCUT2D eigenvalue weighted by Gasteiger charge is -2.06. The fourth-order valence-corrected chi connectivity index (χ4v) is 1.40. The van der Waals surface area contributed by atoms with Crippen LogP contribution in [0.2, 0.25) is 0 Å². The number of ether oxygens (including phenoxy) is 1. The van der Waals surface area contributed by atoms with Crippen molar-refractivity contribution in [2.24, 2.45) is 0 Å². The Morgan fingerprint density at radius 2 is 1.90 bits per heavy atom. The van der Waals surface area contributed by atoms with Gasteiger partial charge in [-0.15, -0.1) is 0 Å². The minimum atomic E-state index is -0.955. The number of nitriles is 1. The molecule has 20 heavy (non-hydrogen) atoms. The van der Waals surface area contributed by atoms with Gasteiger partial charge < -0.3 is 4.74 Å². The van der Waals surface area contributed by atoms with Gasteiger partial charge in [0.25, 0.3) is 0 Å². The summed E-state index contributed by atoms with van der Waals surface area (Å²) in [5.41, 5.74) is -1.03. The van der Waals surface area contributed by atoms with Gasteiger partial charge in [-0.25, -0.2) is 8.78 Å². The Balaban J connectivity index is 2.41. The van der Waals surface area contributed by atoms with Gasteiger partial charge in [0.15, 0.2) is 11.6 Å². The van der Waals surface area contributed by atoms with E-state index in [9.17, 15) is 18.9 Å². The van der Waals surface area contributed by atoms with E-state index in [0.717, 1.165) is 30.3 Å². The molecular formula is C12H5F2N3O3. The van der Waals surface area contributed by atoms with E-state index in [1.54, 1.807) is 0 Å². The number of hydrogen-bond acceptors (Lipinski definition) is 5. The van der Waals surface area contributed by atoms with Crippen molar-refractivity contribution >= 4 is 5.69 Å². The van der Waals surface area contributed by atoms with Crippen molar-refractivity contribution in [3.63, 3.8) is 0 Å². The lowest BCUT2D eigenvalue weighted by Crippen LogP contribution is -1.99. The van der Waals surface area contributed by atoms with E-state index in [4.69, 9.17) is 10.00 Å². The summed E-state index contributed by atoms with van der Waals surface area (Å²) in [7, 11) is 0. The number of nitro groups is 1. The van der Waals surface area contributed by atoms with Crippen LogP contribution >= 0.6 is 0 Å². The van der Waals surface area contributed by atoms with Crippen molar-refractivity contribution in [3.05, 3.63) is 57.8 Å². The lowest BCUT2D eigenvalue weighted by atomic mass is 10.3. The monoisotopic (exact) mass is 277 g/mol. The smallest absolute Gasteiger partial charge is 0.305 e. The molecule has 0 bridgehead atoms. The van der Waals surface area contributed by atoms with Crippen molar-refractivity contribution in [3.8, 4) is 17.7 Å². The summed E-state index contributed by atoms with van der Waals surface area (Å²) in [6.45, 7) is 0. The van der Waals surface area contributed by atoms with Crippen molar-refractivity contribution in [2.75, 3.05) is 0 Å². The van der Waals surface area contributed by atoms with Gasteiger partial charge in [-0.1, -0.05) is 6.07 Å². The standard InChI is InChI=1S/C12H5F2N3O3/c13-7-2-1-3-8(14)12(7)20-11-5-4-10(17(18)19)9(6-15)16-11/h1-5H. The van der Waals surface area contributed by atoms with Crippen molar-refractivity contribution in [1.82, 2.24) is 4.98 Å². The zero-order chi connectivity index (χ0) is 14.7. The molecular weight excluding hydrogens is 272 g/mol. The van der Waals surface area contributed by atoms with Gasteiger partial charge in [0.2, 0.25) is 17.3 Å². The van der Waals surface area contributed by atoms with E-state index in [1.165, 1.54) is 6.07 Å². The summed E-state index contributed by atoms with van der Waals surface area (Å²) in [5, 5.41) is 19.4. The molecule has 2 aromatic rings.